The summed E-state index contributed by atoms with van der Waals surface area (Å²) >= 11 is 0. The van der Waals surface area contributed by atoms with E-state index >= 15 is 0 Å². The van der Waals surface area contributed by atoms with Crippen molar-refractivity contribution in [3.63, 3.8) is 0 Å². The van der Waals surface area contributed by atoms with E-state index in [1.807, 2.05) is 14.0 Å². The third-order valence-electron chi connectivity index (χ3n) is 1.80. The Morgan fingerprint density at radius 2 is 2.00 bits per heavy atom. The van der Waals surface area contributed by atoms with Crippen LogP contribution in [0.25, 0.3) is 0 Å². The van der Waals surface area contributed by atoms with Gasteiger partial charge in [-0.05, 0) is 13.8 Å². The average Bonchev–Trinajstić information content (AvgIpc) is 1.97. The molecule has 3 heteroatoms. The first-order chi connectivity index (χ1) is 4.04. The van der Waals surface area contributed by atoms with Crippen LogP contribution in [0.5, 0.6) is 0 Å². The normalized spacial score (nSPS) is 23.6. The second-order valence-corrected chi connectivity index (χ2v) is 2.86. The summed E-state index contributed by atoms with van der Waals surface area (Å²) in [7, 11) is 1.91. The smallest absolute Gasteiger partial charge is 0.137 e. The second kappa shape index (κ2) is 1.62. The Morgan fingerprint density at radius 3 is 2.11 bits per heavy atom. The van der Waals surface area contributed by atoms with Crippen molar-refractivity contribution < 1.29 is 4.68 Å². The minimum atomic E-state index is -0.0747. The van der Waals surface area contributed by atoms with E-state index in [2.05, 4.69) is 24.2 Å². The van der Waals surface area contributed by atoms with Crippen LogP contribution in [0, 0.1) is 0 Å². The van der Waals surface area contributed by atoms with Crippen molar-refractivity contribution in [1.82, 2.24) is 0 Å². The molecule has 0 aromatic rings. The lowest BCUT2D eigenvalue weighted by atomic mass is 10.0. The van der Waals surface area contributed by atoms with Gasteiger partial charge in [0.2, 0.25) is 5.54 Å². The first kappa shape index (κ1) is 6.39. The van der Waals surface area contributed by atoms with Crippen LogP contribution >= 0.6 is 0 Å². The van der Waals surface area contributed by atoms with Crippen molar-refractivity contribution in [3.05, 3.63) is 0 Å². The molecular formula is C6H12N3+. The molecular weight excluding hydrogens is 114 g/mol. The third kappa shape index (κ3) is 0.866. The summed E-state index contributed by atoms with van der Waals surface area (Å²) in [6.07, 6.45) is 0. The zero-order valence-corrected chi connectivity index (χ0v) is 6.34. The predicted octanol–water partition coefficient (Wildman–Crippen LogP) is 1.25. The highest BCUT2D eigenvalue weighted by Crippen LogP contribution is 2.16. The molecule has 0 aromatic carbocycles. The summed E-state index contributed by atoms with van der Waals surface area (Å²) in [4.78, 5) is 0. The molecule has 3 nitrogen and oxygen atoms in total. The summed E-state index contributed by atoms with van der Waals surface area (Å²) < 4.78 is 1.81. The fourth-order valence-corrected chi connectivity index (χ4v) is 0.714. The van der Waals surface area contributed by atoms with Gasteiger partial charge in [0.05, 0.1) is 0 Å². The Hall–Kier alpha value is -0.730. The SMILES string of the molecule is CC1=[N+](C)N=NC1(C)C. The van der Waals surface area contributed by atoms with Gasteiger partial charge >= 0.3 is 0 Å². The average molecular weight is 126 g/mol. The zero-order chi connectivity index (χ0) is 7.07. The molecule has 0 saturated carbocycles. The summed E-state index contributed by atoms with van der Waals surface area (Å²) in [6.45, 7) is 6.14. The number of hydrogen-bond donors (Lipinski definition) is 0. The topological polar surface area (TPSA) is 27.7 Å². The van der Waals surface area contributed by atoms with Gasteiger partial charge in [0.15, 0.2) is 5.71 Å². The lowest BCUT2D eigenvalue weighted by molar-refractivity contribution is -0.506. The molecule has 0 saturated heterocycles. The van der Waals surface area contributed by atoms with Crippen LogP contribution in [0.3, 0.4) is 0 Å². The quantitative estimate of drug-likeness (QED) is 0.437. The van der Waals surface area contributed by atoms with Crippen molar-refractivity contribution >= 4 is 5.71 Å². The fourth-order valence-electron chi connectivity index (χ4n) is 0.714. The van der Waals surface area contributed by atoms with Gasteiger partial charge in [-0.2, -0.15) is 0 Å². The van der Waals surface area contributed by atoms with Gasteiger partial charge in [-0.3, -0.25) is 0 Å². The lowest BCUT2D eigenvalue weighted by Gasteiger charge is -2.01. The van der Waals surface area contributed by atoms with Crippen molar-refractivity contribution in [2.24, 2.45) is 10.3 Å². The molecule has 1 aliphatic rings. The summed E-state index contributed by atoms with van der Waals surface area (Å²) in [6, 6.07) is 0. The molecule has 0 radical (unpaired) electrons. The Labute approximate surface area is 55.1 Å². The van der Waals surface area contributed by atoms with Crippen molar-refractivity contribution in [2.45, 2.75) is 26.3 Å². The molecule has 0 bridgehead atoms. The van der Waals surface area contributed by atoms with Gasteiger partial charge in [-0.1, -0.05) is 0 Å². The van der Waals surface area contributed by atoms with Gasteiger partial charge in [-0.15, -0.1) is 4.68 Å². The van der Waals surface area contributed by atoms with Crippen LogP contribution in [0.1, 0.15) is 20.8 Å². The van der Waals surface area contributed by atoms with Gasteiger partial charge in [0.1, 0.15) is 12.3 Å². The van der Waals surface area contributed by atoms with Crippen LogP contribution < -0.4 is 0 Å². The van der Waals surface area contributed by atoms with Crippen molar-refractivity contribution in [1.29, 1.82) is 0 Å². The summed E-state index contributed by atoms with van der Waals surface area (Å²) in [5.41, 5.74) is 1.12. The lowest BCUT2D eigenvalue weighted by Crippen LogP contribution is -2.27. The van der Waals surface area contributed by atoms with Gasteiger partial charge in [0.25, 0.3) is 0 Å². The molecule has 50 valence electrons. The molecule has 0 N–H and O–H groups in total. The highest BCUT2D eigenvalue weighted by Gasteiger charge is 2.36. The molecule has 1 aliphatic heterocycles. The second-order valence-electron chi connectivity index (χ2n) is 2.86. The maximum absolute atomic E-state index is 4.04. The molecule has 0 amide bonds. The van der Waals surface area contributed by atoms with Crippen LogP contribution in [-0.4, -0.2) is 23.0 Å². The standard InChI is InChI=1S/C6H12N3/c1-5-6(2,3)7-8-9(5)4/h1-4H3/q+1. The van der Waals surface area contributed by atoms with E-state index in [1.54, 1.807) is 4.68 Å². The highest BCUT2D eigenvalue weighted by molar-refractivity contribution is 5.86. The zero-order valence-electron chi connectivity index (χ0n) is 6.34. The molecule has 0 atom stereocenters. The van der Waals surface area contributed by atoms with Crippen LogP contribution in [0.2, 0.25) is 0 Å². The van der Waals surface area contributed by atoms with E-state index < -0.39 is 0 Å². The summed E-state index contributed by atoms with van der Waals surface area (Å²) in [5, 5.41) is 7.94. The minimum absolute atomic E-state index is 0.0747. The molecule has 0 aromatic heterocycles. The molecule has 0 fully saturated rings. The summed E-state index contributed by atoms with van der Waals surface area (Å²) in [5.74, 6) is 0. The van der Waals surface area contributed by atoms with E-state index in [-0.39, 0.29) is 5.54 Å². The van der Waals surface area contributed by atoms with Gasteiger partial charge < -0.3 is 0 Å². The Bertz CT molecular complexity index is 188. The fraction of sp³-hybridized carbons (Fsp3) is 0.833. The van der Waals surface area contributed by atoms with E-state index in [0.717, 1.165) is 0 Å². The third-order valence-corrected chi connectivity index (χ3v) is 1.80. The molecule has 1 rings (SSSR count). The first-order valence-electron chi connectivity index (χ1n) is 3.04. The number of hydrogen-bond acceptors (Lipinski definition) is 2. The maximum Gasteiger partial charge on any atom is 0.229 e. The van der Waals surface area contributed by atoms with Crippen LogP contribution in [0.15, 0.2) is 10.3 Å². The van der Waals surface area contributed by atoms with Crippen LogP contribution in [0.4, 0.5) is 0 Å². The minimum Gasteiger partial charge on any atom is -0.137 e. The molecule has 0 aliphatic carbocycles. The van der Waals surface area contributed by atoms with E-state index in [9.17, 15) is 0 Å². The maximum atomic E-state index is 4.04. The molecule has 0 unspecified atom stereocenters. The Morgan fingerprint density at radius 1 is 1.44 bits per heavy atom. The monoisotopic (exact) mass is 126 g/mol. The van der Waals surface area contributed by atoms with Crippen molar-refractivity contribution in [2.75, 3.05) is 7.05 Å². The molecule has 0 spiro atoms. The molecule has 9 heavy (non-hydrogen) atoms. The predicted molar refractivity (Wildman–Crippen MR) is 35.8 cm³/mol. The van der Waals surface area contributed by atoms with Gasteiger partial charge in [0, 0.05) is 12.0 Å². The number of rotatable bonds is 0. The first-order valence-corrected chi connectivity index (χ1v) is 3.04. The van der Waals surface area contributed by atoms with E-state index in [1.165, 1.54) is 5.71 Å². The molecule has 1 heterocycles. The largest absolute Gasteiger partial charge is 0.229 e. The number of nitrogens with zero attached hydrogens (tertiary/aromatic N) is 3. The Balaban J connectivity index is 3.01. The highest BCUT2D eigenvalue weighted by atomic mass is 15.5. The Kier molecular flexibility index (Phi) is 1.15. The van der Waals surface area contributed by atoms with E-state index in [4.69, 9.17) is 0 Å². The van der Waals surface area contributed by atoms with E-state index in [0.29, 0.717) is 0 Å². The van der Waals surface area contributed by atoms with Gasteiger partial charge in [-0.25, -0.2) is 0 Å². The van der Waals surface area contributed by atoms with Crippen molar-refractivity contribution in [3.8, 4) is 0 Å². The van der Waals surface area contributed by atoms with Crippen LogP contribution in [-0.2, 0) is 0 Å².